The summed E-state index contributed by atoms with van der Waals surface area (Å²) in [7, 11) is 0. The maximum Gasteiger partial charge on any atom is 0.326 e. The molecule has 6 nitrogen and oxygen atoms in total. The molecule has 0 aliphatic heterocycles. The fourth-order valence-electron chi connectivity index (χ4n) is 0.795. The zero-order chi connectivity index (χ0) is 12.0. The topological polar surface area (TPSA) is 104 Å². The van der Waals surface area contributed by atoms with Crippen LogP contribution in [0.5, 0.6) is 0 Å². The Hall–Kier alpha value is -1.24. The summed E-state index contributed by atoms with van der Waals surface area (Å²) in [6, 6.07) is -1.09. The number of carbonyl (C=O) groups is 3. The molecule has 0 fully saturated rings. The third-order valence-electron chi connectivity index (χ3n) is 1.80. The van der Waals surface area contributed by atoms with Crippen LogP contribution in [0.1, 0.15) is 13.3 Å². The molecule has 0 aromatic carbocycles. The van der Waals surface area contributed by atoms with Crippen LogP contribution in [0.2, 0.25) is 0 Å². The van der Waals surface area contributed by atoms with Gasteiger partial charge in [-0.3, -0.25) is 9.59 Å². The smallest absolute Gasteiger partial charge is 0.326 e. The number of carbonyl (C=O) groups excluding carboxylic acids is 1. The van der Waals surface area contributed by atoms with Crippen LogP contribution in [-0.2, 0) is 14.4 Å². The van der Waals surface area contributed by atoms with Crippen LogP contribution in [0.15, 0.2) is 0 Å². The normalized spacial score (nSPS) is 14.0. The Bertz CT molecular complexity index is 268. The maximum atomic E-state index is 11.2. The molecule has 7 heteroatoms. The molecule has 0 saturated carbocycles. The van der Waals surface area contributed by atoms with Crippen molar-refractivity contribution in [2.24, 2.45) is 5.92 Å². The molecule has 0 saturated heterocycles. The third-order valence-corrected chi connectivity index (χ3v) is 2.05. The van der Waals surface area contributed by atoms with Gasteiger partial charge in [0.25, 0.3) is 0 Å². The predicted octanol–water partition coefficient (Wildman–Crippen LogP) is -0.404. The first kappa shape index (κ1) is 13.8. The Labute approximate surface area is 92.1 Å². The lowest BCUT2D eigenvalue weighted by Crippen LogP contribution is -2.44. The molecule has 3 N–H and O–H groups in total. The van der Waals surface area contributed by atoms with Gasteiger partial charge in [-0.05, 0) is 19.1 Å². The molecule has 0 bridgehead atoms. The molecular weight excluding hydrogens is 222 g/mol. The highest BCUT2D eigenvalue weighted by molar-refractivity contribution is 7.80. The van der Waals surface area contributed by atoms with Crippen LogP contribution < -0.4 is 5.32 Å². The third kappa shape index (κ3) is 4.68. The van der Waals surface area contributed by atoms with E-state index in [0.29, 0.717) is 5.75 Å². The standard InChI is InChI=1S/C8H13NO5S/c1-4(7(11)12)6(10)9-5(2-3-15)8(13)14/h4-5,15H,2-3H2,1H3,(H,9,10)(H,11,12)(H,13,14). The lowest BCUT2D eigenvalue weighted by Gasteiger charge is -2.14. The Morgan fingerprint density at radius 3 is 2.13 bits per heavy atom. The second-order valence-electron chi connectivity index (χ2n) is 2.97. The lowest BCUT2D eigenvalue weighted by molar-refractivity contribution is -0.149. The van der Waals surface area contributed by atoms with Crippen LogP contribution >= 0.6 is 12.6 Å². The summed E-state index contributed by atoms with van der Waals surface area (Å²) in [5.74, 6) is -4.26. The van der Waals surface area contributed by atoms with Gasteiger partial charge in [-0.15, -0.1) is 0 Å². The highest BCUT2D eigenvalue weighted by atomic mass is 32.1. The van der Waals surface area contributed by atoms with Crippen molar-refractivity contribution in [3.8, 4) is 0 Å². The Balaban J connectivity index is 4.35. The zero-order valence-corrected chi connectivity index (χ0v) is 9.03. The first-order valence-corrected chi connectivity index (χ1v) is 4.90. The minimum atomic E-state index is -1.29. The van der Waals surface area contributed by atoms with Gasteiger partial charge in [-0.2, -0.15) is 12.6 Å². The van der Waals surface area contributed by atoms with Gasteiger partial charge in [0.1, 0.15) is 12.0 Å². The van der Waals surface area contributed by atoms with Crippen LogP contribution in [0, 0.1) is 5.92 Å². The van der Waals surface area contributed by atoms with Crippen molar-refractivity contribution in [1.82, 2.24) is 5.32 Å². The highest BCUT2D eigenvalue weighted by Gasteiger charge is 2.25. The second kappa shape index (κ2) is 6.28. The van der Waals surface area contributed by atoms with Gasteiger partial charge in [-0.1, -0.05) is 0 Å². The van der Waals surface area contributed by atoms with Crippen molar-refractivity contribution in [3.05, 3.63) is 0 Å². The summed E-state index contributed by atoms with van der Waals surface area (Å²) < 4.78 is 0. The van der Waals surface area contributed by atoms with E-state index in [4.69, 9.17) is 10.2 Å². The van der Waals surface area contributed by atoms with Gasteiger partial charge in [0.2, 0.25) is 5.91 Å². The number of nitrogens with one attached hydrogen (secondary N) is 1. The fourth-order valence-corrected chi connectivity index (χ4v) is 1.05. The largest absolute Gasteiger partial charge is 0.481 e. The average molecular weight is 235 g/mol. The first-order valence-electron chi connectivity index (χ1n) is 4.27. The van der Waals surface area contributed by atoms with E-state index in [1.807, 2.05) is 0 Å². The molecule has 2 atom stereocenters. The van der Waals surface area contributed by atoms with Crippen molar-refractivity contribution in [2.45, 2.75) is 19.4 Å². The summed E-state index contributed by atoms with van der Waals surface area (Å²) in [6.07, 6.45) is 0.149. The number of carboxylic acids is 2. The molecule has 1 amide bonds. The Kier molecular flexibility index (Phi) is 5.76. The number of aliphatic carboxylic acids is 2. The fraction of sp³-hybridized carbons (Fsp3) is 0.625. The van der Waals surface area contributed by atoms with Crippen molar-refractivity contribution in [3.63, 3.8) is 0 Å². The second-order valence-corrected chi connectivity index (χ2v) is 3.42. The molecule has 2 unspecified atom stereocenters. The first-order chi connectivity index (χ1) is 6.90. The lowest BCUT2D eigenvalue weighted by atomic mass is 10.1. The summed E-state index contributed by atoms with van der Waals surface area (Å²) in [5.41, 5.74) is 0. The Morgan fingerprint density at radius 2 is 1.80 bits per heavy atom. The van der Waals surface area contributed by atoms with Crippen molar-refractivity contribution in [1.29, 1.82) is 0 Å². The van der Waals surface area contributed by atoms with Gasteiger partial charge < -0.3 is 15.5 Å². The molecule has 0 spiro atoms. The van der Waals surface area contributed by atoms with Gasteiger partial charge in [0.15, 0.2) is 0 Å². The summed E-state index contributed by atoms with van der Waals surface area (Å²) in [6.45, 7) is 1.19. The SMILES string of the molecule is CC(C(=O)O)C(=O)NC(CCS)C(=O)O. The van der Waals surface area contributed by atoms with E-state index in [1.54, 1.807) is 0 Å². The maximum absolute atomic E-state index is 11.2. The molecule has 0 aromatic heterocycles. The van der Waals surface area contributed by atoms with Crippen LogP contribution in [0.3, 0.4) is 0 Å². The molecule has 0 aliphatic rings. The molecule has 15 heavy (non-hydrogen) atoms. The molecule has 0 aromatic rings. The van der Waals surface area contributed by atoms with E-state index in [-0.39, 0.29) is 6.42 Å². The van der Waals surface area contributed by atoms with Crippen molar-refractivity contribution in [2.75, 3.05) is 5.75 Å². The predicted molar refractivity (Wildman–Crippen MR) is 54.8 cm³/mol. The van der Waals surface area contributed by atoms with Crippen molar-refractivity contribution < 1.29 is 24.6 Å². The number of thiol groups is 1. The zero-order valence-electron chi connectivity index (χ0n) is 8.14. The molecule has 0 aliphatic carbocycles. The summed E-state index contributed by atoms with van der Waals surface area (Å²) in [4.78, 5) is 32.2. The van der Waals surface area contributed by atoms with Crippen LogP contribution in [0.4, 0.5) is 0 Å². The number of rotatable bonds is 6. The molecule has 0 rings (SSSR count). The molecule has 0 radical (unpaired) electrons. The van der Waals surface area contributed by atoms with Crippen molar-refractivity contribution >= 4 is 30.5 Å². The highest BCUT2D eigenvalue weighted by Crippen LogP contribution is 1.99. The van der Waals surface area contributed by atoms with E-state index in [1.165, 1.54) is 6.92 Å². The van der Waals surface area contributed by atoms with Gasteiger partial charge in [0, 0.05) is 0 Å². The summed E-state index contributed by atoms with van der Waals surface area (Å²) in [5, 5.41) is 19.3. The van der Waals surface area contributed by atoms with E-state index in [0.717, 1.165) is 0 Å². The monoisotopic (exact) mass is 235 g/mol. The van der Waals surface area contributed by atoms with Gasteiger partial charge >= 0.3 is 11.9 Å². The van der Waals surface area contributed by atoms with Crippen LogP contribution in [-0.4, -0.2) is 39.9 Å². The molecular formula is C8H13NO5S. The van der Waals surface area contributed by atoms with E-state index in [9.17, 15) is 14.4 Å². The minimum Gasteiger partial charge on any atom is -0.481 e. The summed E-state index contributed by atoms with van der Waals surface area (Å²) >= 11 is 3.84. The van der Waals surface area contributed by atoms with Gasteiger partial charge in [0.05, 0.1) is 0 Å². The number of amides is 1. The molecule has 0 heterocycles. The number of hydrogen-bond donors (Lipinski definition) is 4. The van der Waals surface area contributed by atoms with E-state index < -0.39 is 29.8 Å². The minimum absolute atomic E-state index is 0.149. The number of carboxylic acid groups (broad SMARTS) is 2. The number of hydrogen-bond acceptors (Lipinski definition) is 4. The Morgan fingerprint density at radius 1 is 1.27 bits per heavy atom. The van der Waals surface area contributed by atoms with Crippen LogP contribution in [0.25, 0.3) is 0 Å². The quantitative estimate of drug-likeness (QED) is 0.370. The molecule has 86 valence electrons. The van der Waals surface area contributed by atoms with E-state index in [2.05, 4.69) is 17.9 Å². The average Bonchev–Trinajstić information content (AvgIpc) is 2.15. The van der Waals surface area contributed by atoms with Gasteiger partial charge in [-0.25, -0.2) is 4.79 Å². The van der Waals surface area contributed by atoms with E-state index >= 15 is 0 Å².